The van der Waals surface area contributed by atoms with E-state index in [-0.39, 0.29) is 0 Å². The van der Waals surface area contributed by atoms with Crippen molar-refractivity contribution in [2.24, 2.45) is 5.92 Å². The van der Waals surface area contributed by atoms with Gasteiger partial charge >= 0.3 is 0 Å². The van der Waals surface area contributed by atoms with Crippen LogP contribution < -0.4 is 0 Å². The highest BCUT2D eigenvalue weighted by Gasteiger charge is 2.27. The molecule has 0 N–H and O–H groups in total. The van der Waals surface area contributed by atoms with Crippen molar-refractivity contribution in [3.8, 4) is 0 Å². The Bertz CT molecular complexity index is 362. The number of hydrogen-bond donors (Lipinski definition) is 0. The average molecular weight is 235 g/mol. The van der Waals surface area contributed by atoms with Crippen LogP contribution in [0.25, 0.3) is 0 Å². The minimum atomic E-state index is 0.309. The largest absolute Gasteiger partial charge is 0.337 e. The summed E-state index contributed by atoms with van der Waals surface area (Å²) in [6, 6.07) is 0. The van der Waals surface area contributed by atoms with Gasteiger partial charge in [0, 0.05) is 24.8 Å². The van der Waals surface area contributed by atoms with E-state index in [1.165, 1.54) is 25.9 Å². The van der Waals surface area contributed by atoms with Crippen LogP contribution in [0.3, 0.4) is 0 Å². The predicted molar refractivity (Wildman–Crippen MR) is 71.0 cm³/mol. The van der Waals surface area contributed by atoms with Gasteiger partial charge in [-0.3, -0.25) is 4.90 Å². The number of rotatable bonds is 2. The van der Waals surface area contributed by atoms with Gasteiger partial charge < -0.3 is 4.57 Å². The molecule has 1 aromatic rings. The zero-order valence-electron chi connectivity index (χ0n) is 11.6. The van der Waals surface area contributed by atoms with Gasteiger partial charge in [-0.1, -0.05) is 0 Å². The minimum absolute atomic E-state index is 0.309. The maximum atomic E-state index is 4.30. The molecule has 17 heavy (non-hydrogen) atoms. The second kappa shape index (κ2) is 4.81. The van der Waals surface area contributed by atoms with Gasteiger partial charge in [0.1, 0.15) is 0 Å². The monoisotopic (exact) mass is 235 g/mol. The third-order valence-electron chi connectivity index (χ3n) is 3.70. The van der Waals surface area contributed by atoms with Crippen molar-refractivity contribution in [1.82, 2.24) is 14.5 Å². The molecule has 0 aliphatic carbocycles. The summed E-state index contributed by atoms with van der Waals surface area (Å²) in [6.45, 7) is 12.6. The summed E-state index contributed by atoms with van der Waals surface area (Å²) in [5.74, 6) is 0.775. The molecule has 0 unspecified atom stereocenters. The smallest absolute Gasteiger partial charge is 0.0949 e. The van der Waals surface area contributed by atoms with Crippen LogP contribution in [-0.2, 0) is 6.54 Å². The molecule has 1 saturated heterocycles. The molecule has 96 valence electrons. The number of imidazole rings is 1. The third-order valence-corrected chi connectivity index (χ3v) is 3.70. The number of piperidine rings is 1. The number of hydrogen-bond acceptors (Lipinski definition) is 2. The molecular weight excluding hydrogens is 210 g/mol. The SMILES string of the molecule is Cc1cn(C[C@@H]2CCCN(C(C)(C)C)C2)cn1. The molecule has 0 radical (unpaired) electrons. The highest BCUT2D eigenvalue weighted by molar-refractivity contribution is 4.93. The first-order valence-corrected chi connectivity index (χ1v) is 6.68. The molecule has 1 aliphatic heterocycles. The van der Waals surface area contributed by atoms with E-state index >= 15 is 0 Å². The fourth-order valence-corrected chi connectivity index (χ4v) is 2.69. The van der Waals surface area contributed by atoms with Crippen LogP contribution in [-0.4, -0.2) is 33.1 Å². The molecule has 2 heterocycles. The molecule has 0 spiro atoms. The van der Waals surface area contributed by atoms with Gasteiger partial charge in [-0.2, -0.15) is 0 Å². The maximum absolute atomic E-state index is 4.30. The number of aryl methyl sites for hydroxylation is 1. The lowest BCUT2D eigenvalue weighted by Crippen LogP contribution is -2.47. The molecular formula is C14H25N3. The Morgan fingerprint density at radius 3 is 2.76 bits per heavy atom. The van der Waals surface area contributed by atoms with Crippen molar-refractivity contribution in [3.63, 3.8) is 0 Å². The van der Waals surface area contributed by atoms with E-state index in [1.807, 2.05) is 6.33 Å². The highest BCUT2D eigenvalue weighted by atomic mass is 15.2. The molecule has 2 rings (SSSR count). The molecule has 1 aliphatic rings. The lowest BCUT2D eigenvalue weighted by molar-refractivity contribution is 0.0734. The molecule has 0 bridgehead atoms. The van der Waals surface area contributed by atoms with E-state index in [4.69, 9.17) is 0 Å². The molecule has 1 atom stereocenters. The first kappa shape index (κ1) is 12.6. The lowest BCUT2D eigenvalue weighted by Gasteiger charge is -2.41. The first-order chi connectivity index (χ1) is 7.95. The topological polar surface area (TPSA) is 21.1 Å². The number of aromatic nitrogens is 2. The third kappa shape index (κ3) is 3.32. The van der Waals surface area contributed by atoms with Crippen molar-refractivity contribution >= 4 is 0 Å². The molecule has 1 aromatic heterocycles. The Kier molecular flexibility index (Phi) is 3.57. The summed E-state index contributed by atoms with van der Waals surface area (Å²) < 4.78 is 2.24. The van der Waals surface area contributed by atoms with Crippen molar-refractivity contribution < 1.29 is 0 Å². The molecule has 0 saturated carbocycles. The second-order valence-corrected chi connectivity index (χ2v) is 6.34. The zero-order valence-corrected chi connectivity index (χ0v) is 11.6. The van der Waals surface area contributed by atoms with Crippen LogP contribution in [0.5, 0.6) is 0 Å². The Balaban J connectivity index is 1.94. The van der Waals surface area contributed by atoms with E-state index in [2.05, 4.69) is 48.3 Å². The van der Waals surface area contributed by atoms with Gasteiger partial charge in [0.2, 0.25) is 0 Å². The average Bonchev–Trinajstić information content (AvgIpc) is 2.63. The summed E-state index contributed by atoms with van der Waals surface area (Å²) >= 11 is 0. The van der Waals surface area contributed by atoms with E-state index in [9.17, 15) is 0 Å². The molecule has 3 nitrogen and oxygen atoms in total. The normalized spacial score (nSPS) is 22.9. The molecule has 0 amide bonds. The van der Waals surface area contributed by atoms with Crippen molar-refractivity contribution in [1.29, 1.82) is 0 Å². The summed E-state index contributed by atoms with van der Waals surface area (Å²) in [5, 5.41) is 0. The van der Waals surface area contributed by atoms with Crippen LogP contribution in [0.1, 0.15) is 39.3 Å². The quantitative estimate of drug-likeness (QED) is 0.786. The molecule has 1 fully saturated rings. The Morgan fingerprint density at radius 1 is 1.41 bits per heavy atom. The maximum Gasteiger partial charge on any atom is 0.0949 e. The van der Waals surface area contributed by atoms with Crippen LogP contribution in [0.2, 0.25) is 0 Å². The van der Waals surface area contributed by atoms with E-state index in [0.717, 1.165) is 18.2 Å². The van der Waals surface area contributed by atoms with E-state index in [1.54, 1.807) is 0 Å². The number of likely N-dealkylation sites (tertiary alicyclic amines) is 1. The zero-order chi connectivity index (χ0) is 12.5. The van der Waals surface area contributed by atoms with Crippen molar-refractivity contribution in [2.75, 3.05) is 13.1 Å². The van der Waals surface area contributed by atoms with Crippen LogP contribution in [0.15, 0.2) is 12.5 Å². The fourth-order valence-electron chi connectivity index (χ4n) is 2.69. The van der Waals surface area contributed by atoms with Gasteiger partial charge in [-0.25, -0.2) is 4.98 Å². The summed E-state index contributed by atoms with van der Waals surface area (Å²) in [5.41, 5.74) is 1.43. The molecule has 0 aromatic carbocycles. The van der Waals surface area contributed by atoms with E-state index in [0.29, 0.717) is 5.54 Å². The van der Waals surface area contributed by atoms with Gasteiger partial charge in [0.15, 0.2) is 0 Å². The summed E-state index contributed by atoms with van der Waals surface area (Å²) in [6.07, 6.45) is 6.79. The van der Waals surface area contributed by atoms with E-state index < -0.39 is 0 Å². The predicted octanol–water partition coefficient (Wildman–Crippen LogP) is 2.70. The van der Waals surface area contributed by atoms with Gasteiger partial charge in [-0.15, -0.1) is 0 Å². The van der Waals surface area contributed by atoms with Crippen molar-refractivity contribution in [2.45, 2.75) is 52.6 Å². The Labute approximate surface area is 105 Å². The highest BCUT2D eigenvalue weighted by Crippen LogP contribution is 2.24. The summed E-state index contributed by atoms with van der Waals surface area (Å²) in [4.78, 5) is 6.92. The van der Waals surface area contributed by atoms with Gasteiger partial charge in [-0.05, 0) is 53.0 Å². The van der Waals surface area contributed by atoms with Crippen LogP contribution in [0.4, 0.5) is 0 Å². The van der Waals surface area contributed by atoms with Crippen LogP contribution in [0, 0.1) is 12.8 Å². The lowest BCUT2D eigenvalue weighted by atomic mass is 9.93. The first-order valence-electron chi connectivity index (χ1n) is 6.68. The standard InChI is InChI=1S/C14H25N3/c1-12-8-16(11-15-12)9-13-6-5-7-17(10-13)14(2,3)4/h8,11,13H,5-7,9-10H2,1-4H3/t13-/m0/s1. The second-order valence-electron chi connectivity index (χ2n) is 6.34. The minimum Gasteiger partial charge on any atom is -0.337 e. The van der Waals surface area contributed by atoms with Crippen molar-refractivity contribution in [3.05, 3.63) is 18.2 Å². The van der Waals surface area contributed by atoms with Gasteiger partial charge in [0.25, 0.3) is 0 Å². The summed E-state index contributed by atoms with van der Waals surface area (Å²) in [7, 11) is 0. The fraction of sp³-hybridized carbons (Fsp3) is 0.786. The van der Waals surface area contributed by atoms with Gasteiger partial charge in [0.05, 0.1) is 12.0 Å². The Morgan fingerprint density at radius 2 is 2.18 bits per heavy atom. The Hall–Kier alpha value is -0.830. The van der Waals surface area contributed by atoms with Crippen LogP contribution >= 0.6 is 0 Å². The number of nitrogens with zero attached hydrogens (tertiary/aromatic N) is 3. The molecule has 3 heteroatoms.